The lowest BCUT2D eigenvalue weighted by Gasteiger charge is -2.20. The maximum absolute atomic E-state index is 13.0. The van der Waals surface area contributed by atoms with Gasteiger partial charge < -0.3 is 5.32 Å². The van der Waals surface area contributed by atoms with E-state index in [2.05, 4.69) is 32.7 Å². The van der Waals surface area contributed by atoms with Crippen molar-refractivity contribution in [2.75, 3.05) is 11.9 Å². The molecule has 3 aliphatic rings. The number of carbonyl (C=O) groups excluding carboxylic acids is 2. The number of aromatic nitrogens is 5. The Morgan fingerprint density at radius 1 is 1.23 bits per heavy atom. The fourth-order valence-corrected chi connectivity index (χ4v) is 4.18. The van der Waals surface area contributed by atoms with Crippen molar-refractivity contribution in [1.29, 1.82) is 0 Å². The molecule has 0 saturated heterocycles. The van der Waals surface area contributed by atoms with E-state index in [4.69, 9.17) is 0 Å². The monoisotopic (exact) mass is 421 g/mol. The third-order valence-electron chi connectivity index (χ3n) is 6.14. The highest BCUT2D eigenvalue weighted by molar-refractivity contribution is 6.00. The Morgan fingerprint density at radius 2 is 2.10 bits per heavy atom. The summed E-state index contributed by atoms with van der Waals surface area (Å²) in [6.07, 6.45) is 14.8. The van der Waals surface area contributed by atoms with E-state index in [-0.39, 0.29) is 11.7 Å². The van der Waals surface area contributed by atoms with Crippen LogP contribution in [0.1, 0.15) is 42.0 Å². The van der Waals surface area contributed by atoms with E-state index in [1.165, 1.54) is 12.8 Å². The molecule has 2 atom stereocenters. The number of carbonyl (C=O) groups is 2. The van der Waals surface area contributed by atoms with Crippen LogP contribution in [0.2, 0.25) is 0 Å². The first kappa shape index (κ1) is 19.7. The van der Waals surface area contributed by atoms with Gasteiger partial charge in [0.05, 0.1) is 5.69 Å². The number of rotatable bonds is 6. The Hall–Kier alpha value is -3.23. The van der Waals surface area contributed by atoms with Gasteiger partial charge in [-0.15, -0.1) is 5.10 Å². The standard InChI is InChI=1S/C22H27N7O2/c1-27-19-12-17(11-15-7-8-15)25-29(19)10-9-18(22(27)31)24-21(30)20-23-14-28(26-20)13-16-5-3-2-4-6-16/h2-5,12,14-16,18H,6-11,13H2,1H3,(H,24,30). The van der Waals surface area contributed by atoms with Crippen molar-refractivity contribution < 1.29 is 9.59 Å². The minimum atomic E-state index is -0.635. The molecule has 2 unspecified atom stereocenters. The van der Waals surface area contributed by atoms with Gasteiger partial charge >= 0.3 is 0 Å². The summed E-state index contributed by atoms with van der Waals surface area (Å²) >= 11 is 0. The summed E-state index contributed by atoms with van der Waals surface area (Å²) in [5.41, 5.74) is 1.04. The van der Waals surface area contributed by atoms with Crippen molar-refractivity contribution in [1.82, 2.24) is 29.9 Å². The summed E-state index contributed by atoms with van der Waals surface area (Å²) in [5, 5.41) is 11.8. The number of nitrogens with one attached hydrogen (secondary N) is 1. The maximum Gasteiger partial charge on any atom is 0.291 e. The van der Waals surface area contributed by atoms with E-state index in [9.17, 15) is 9.59 Å². The molecule has 5 rings (SSSR count). The average Bonchev–Trinajstić information content (AvgIpc) is 3.33. The third-order valence-corrected chi connectivity index (χ3v) is 6.14. The molecule has 3 heterocycles. The molecule has 0 radical (unpaired) electrons. The molecular formula is C22H27N7O2. The van der Waals surface area contributed by atoms with E-state index in [1.807, 2.05) is 22.9 Å². The second kappa shape index (κ2) is 8.13. The molecule has 1 saturated carbocycles. The molecule has 2 aromatic rings. The third kappa shape index (κ3) is 4.30. The van der Waals surface area contributed by atoms with Crippen molar-refractivity contribution in [2.45, 2.75) is 51.2 Å². The first-order valence-electron chi connectivity index (χ1n) is 10.9. The van der Waals surface area contributed by atoms with Crippen LogP contribution in [0.3, 0.4) is 0 Å². The van der Waals surface area contributed by atoms with Gasteiger partial charge in [0, 0.05) is 32.1 Å². The molecule has 2 aliphatic carbocycles. The first-order chi connectivity index (χ1) is 15.1. The van der Waals surface area contributed by atoms with Gasteiger partial charge in [-0.25, -0.2) is 9.67 Å². The minimum Gasteiger partial charge on any atom is -0.337 e. The summed E-state index contributed by atoms with van der Waals surface area (Å²) in [4.78, 5) is 31.4. The van der Waals surface area contributed by atoms with Crippen molar-refractivity contribution in [3.63, 3.8) is 0 Å². The van der Waals surface area contributed by atoms with Gasteiger partial charge in [-0.2, -0.15) is 5.10 Å². The number of amides is 2. The zero-order valence-corrected chi connectivity index (χ0v) is 17.6. The normalized spacial score (nSPS) is 23.0. The Balaban J connectivity index is 1.22. The highest BCUT2D eigenvalue weighted by Gasteiger charge is 2.32. The van der Waals surface area contributed by atoms with E-state index in [0.29, 0.717) is 25.4 Å². The van der Waals surface area contributed by atoms with Crippen LogP contribution >= 0.6 is 0 Å². The number of likely N-dealkylation sites (N-methyl/N-ethyl adjacent to an activating group) is 1. The molecule has 0 bridgehead atoms. The molecule has 31 heavy (non-hydrogen) atoms. The number of anilines is 1. The van der Waals surface area contributed by atoms with Gasteiger partial charge in [-0.3, -0.25) is 19.2 Å². The fourth-order valence-electron chi connectivity index (χ4n) is 4.18. The van der Waals surface area contributed by atoms with E-state index < -0.39 is 11.9 Å². The van der Waals surface area contributed by atoms with Crippen LogP contribution in [0.15, 0.2) is 36.7 Å². The van der Waals surface area contributed by atoms with Crippen molar-refractivity contribution in [3.8, 4) is 0 Å². The SMILES string of the molecule is CN1C(=O)C(NC(=O)c2ncn(CC3C=CC=CC3)n2)CCn2nc(CC3CC3)cc21. The molecular weight excluding hydrogens is 394 g/mol. The molecule has 162 valence electrons. The largest absolute Gasteiger partial charge is 0.337 e. The highest BCUT2D eigenvalue weighted by atomic mass is 16.2. The predicted octanol–water partition coefficient (Wildman–Crippen LogP) is 1.72. The topological polar surface area (TPSA) is 97.9 Å². The second-order valence-electron chi connectivity index (χ2n) is 8.68. The van der Waals surface area contributed by atoms with Crippen molar-refractivity contribution in [2.24, 2.45) is 11.8 Å². The van der Waals surface area contributed by atoms with Crippen LogP contribution < -0.4 is 10.2 Å². The molecule has 9 heteroatoms. The van der Waals surface area contributed by atoms with Gasteiger partial charge in [0.25, 0.3) is 11.8 Å². The van der Waals surface area contributed by atoms with Crippen LogP contribution in [-0.2, 0) is 24.3 Å². The van der Waals surface area contributed by atoms with E-state index in [0.717, 1.165) is 30.3 Å². The van der Waals surface area contributed by atoms with Crippen LogP contribution in [0.5, 0.6) is 0 Å². The zero-order valence-electron chi connectivity index (χ0n) is 17.6. The number of aryl methyl sites for hydroxylation is 1. The summed E-state index contributed by atoms with van der Waals surface area (Å²) in [7, 11) is 1.74. The van der Waals surface area contributed by atoms with Crippen LogP contribution in [-0.4, -0.2) is 49.4 Å². The molecule has 1 fully saturated rings. The highest BCUT2D eigenvalue weighted by Crippen LogP contribution is 2.33. The Labute approximate surface area is 180 Å². The predicted molar refractivity (Wildman–Crippen MR) is 114 cm³/mol. The lowest BCUT2D eigenvalue weighted by atomic mass is 10.0. The maximum atomic E-state index is 13.0. The van der Waals surface area contributed by atoms with Crippen LogP contribution in [0, 0.1) is 11.8 Å². The number of fused-ring (bicyclic) bond motifs is 1. The summed E-state index contributed by atoms with van der Waals surface area (Å²) in [5.74, 6) is 1.37. The Kier molecular flexibility index (Phi) is 5.17. The molecule has 0 spiro atoms. The fraction of sp³-hybridized carbons (Fsp3) is 0.500. The molecule has 2 aromatic heterocycles. The van der Waals surface area contributed by atoms with Crippen LogP contribution in [0.4, 0.5) is 5.82 Å². The summed E-state index contributed by atoms with van der Waals surface area (Å²) in [6.45, 7) is 1.24. The number of hydrogen-bond donors (Lipinski definition) is 1. The van der Waals surface area contributed by atoms with Gasteiger partial charge in [0.2, 0.25) is 5.82 Å². The van der Waals surface area contributed by atoms with Gasteiger partial charge in [-0.1, -0.05) is 24.3 Å². The molecule has 1 N–H and O–H groups in total. The minimum absolute atomic E-state index is 0.0829. The number of hydrogen-bond acceptors (Lipinski definition) is 5. The molecule has 1 aliphatic heterocycles. The Bertz CT molecular complexity index is 1050. The summed E-state index contributed by atoms with van der Waals surface area (Å²) < 4.78 is 3.56. The average molecular weight is 422 g/mol. The lowest BCUT2D eigenvalue weighted by molar-refractivity contribution is -0.120. The van der Waals surface area contributed by atoms with Crippen molar-refractivity contribution in [3.05, 3.63) is 48.2 Å². The first-order valence-corrected chi connectivity index (χ1v) is 10.9. The van der Waals surface area contributed by atoms with Gasteiger partial charge in [0.15, 0.2) is 0 Å². The van der Waals surface area contributed by atoms with Crippen LogP contribution in [0.25, 0.3) is 0 Å². The zero-order chi connectivity index (χ0) is 21.4. The lowest BCUT2D eigenvalue weighted by Crippen LogP contribution is -2.47. The quantitative estimate of drug-likeness (QED) is 0.766. The smallest absolute Gasteiger partial charge is 0.291 e. The number of allylic oxidation sites excluding steroid dienone is 4. The van der Waals surface area contributed by atoms with E-state index >= 15 is 0 Å². The molecule has 9 nitrogen and oxygen atoms in total. The summed E-state index contributed by atoms with van der Waals surface area (Å²) in [6, 6.07) is 1.36. The van der Waals surface area contributed by atoms with Crippen molar-refractivity contribution >= 4 is 17.6 Å². The Morgan fingerprint density at radius 3 is 2.87 bits per heavy atom. The van der Waals surface area contributed by atoms with Gasteiger partial charge in [0.1, 0.15) is 18.2 Å². The van der Waals surface area contributed by atoms with Gasteiger partial charge in [-0.05, 0) is 38.0 Å². The number of nitrogens with zero attached hydrogens (tertiary/aromatic N) is 6. The molecule has 0 aromatic carbocycles. The molecule has 2 amide bonds. The van der Waals surface area contributed by atoms with E-state index in [1.54, 1.807) is 23.0 Å². The second-order valence-corrected chi connectivity index (χ2v) is 8.68.